The van der Waals surface area contributed by atoms with Crippen LogP contribution in [0, 0.1) is 11.6 Å². The molecular formula is C24H21ClF2N2O3. The number of hydrogen-bond donors (Lipinski definition) is 1. The molecule has 3 aromatic rings. The molecule has 1 heterocycles. The van der Waals surface area contributed by atoms with Crippen LogP contribution in [0.5, 0.6) is 11.5 Å². The summed E-state index contributed by atoms with van der Waals surface area (Å²) in [5.41, 5.74) is 2.21. The Morgan fingerprint density at radius 3 is 2.41 bits per heavy atom. The number of nitrogens with zero attached hydrogens (tertiary/aromatic N) is 1. The van der Waals surface area contributed by atoms with Crippen LogP contribution in [0.1, 0.15) is 22.7 Å². The third-order valence-electron chi connectivity index (χ3n) is 5.50. The average Bonchev–Trinajstić information content (AvgIpc) is 2.79. The van der Waals surface area contributed by atoms with Crippen molar-refractivity contribution >= 4 is 23.3 Å². The second kappa shape index (κ2) is 9.04. The highest BCUT2D eigenvalue weighted by atomic mass is 35.5. The molecule has 0 saturated carbocycles. The van der Waals surface area contributed by atoms with Crippen molar-refractivity contribution in [3.05, 3.63) is 87.9 Å². The number of fused-ring (bicyclic) bond motifs is 1. The third kappa shape index (κ3) is 4.08. The van der Waals surface area contributed by atoms with Gasteiger partial charge in [-0.25, -0.2) is 13.6 Å². The van der Waals surface area contributed by atoms with Crippen molar-refractivity contribution < 1.29 is 23.0 Å². The minimum absolute atomic E-state index is 0.191. The van der Waals surface area contributed by atoms with Crippen molar-refractivity contribution in [3.8, 4) is 11.5 Å². The molecule has 8 heteroatoms. The van der Waals surface area contributed by atoms with E-state index in [1.807, 2.05) is 6.07 Å². The molecule has 0 aliphatic carbocycles. The second-order valence-corrected chi connectivity index (χ2v) is 7.73. The van der Waals surface area contributed by atoms with Gasteiger partial charge in [-0.2, -0.15) is 0 Å². The first-order chi connectivity index (χ1) is 15.4. The lowest BCUT2D eigenvalue weighted by molar-refractivity contribution is 0.192. The highest BCUT2D eigenvalue weighted by molar-refractivity contribution is 6.31. The Kier molecular flexibility index (Phi) is 6.19. The summed E-state index contributed by atoms with van der Waals surface area (Å²) in [6, 6.07) is 12.2. The number of nitrogens with one attached hydrogen (secondary N) is 1. The van der Waals surface area contributed by atoms with Crippen molar-refractivity contribution in [2.45, 2.75) is 12.5 Å². The lowest BCUT2D eigenvalue weighted by Crippen LogP contribution is -2.43. The van der Waals surface area contributed by atoms with Crippen LogP contribution in [-0.4, -0.2) is 31.7 Å². The van der Waals surface area contributed by atoms with Gasteiger partial charge >= 0.3 is 6.03 Å². The van der Waals surface area contributed by atoms with Gasteiger partial charge in [0.2, 0.25) is 0 Å². The molecule has 1 atom stereocenters. The van der Waals surface area contributed by atoms with E-state index in [4.69, 9.17) is 21.1 Å². The Hall–Kier alpha value is -3.32. The zero-order valence-electron chi connectivity index (χ0n) is 17.5. The van der Waals surface area contributed by atoms with E-state index in [0.29, 0.717) is 35.7 Å². The van der Waals surface area contributed by atoms with Gasteiger partial charge in [0.15, 0.2) is 11.5 Å². The lowest BCUT2D eigenvalue weighted by atomic mass is 9.87. The molecule has 1 N–H and O–H groups in total. The molecule has 3 aromatic carbocycles. The standard InChI is InChI=1S/C24H21ClF2N2O3/c1-31-20-12-14-10-11-29(24(30)28-16-8-6-15(26)7-9-16)23(17(14)13-21(20)32-2)22-18(25)4-3-5-19(22)27/h3-9,12-13,23H,10-11H2,1-2H3,(H,28,30). The molecular weight excluding hydrogens is 438 g/mol. The number of carbonyl (C=O) groups is 1. The predicted molar refractivity (Wildman–Crippen MR) is 119 cm³/mol. The van der Waals surface area contributed by atoms with Gasteiger partial charge in [0, 0.05) is 22.8 Å². The first-order valence-corrected chi connectivity index (χ1v) is 10.3. The smallest absolute Gasteiger partial charge is 0.322 e. The number of methoxy groups -OCH3 is 2. The van der Waals surface area contributed by atoms with E-state index in [0.717, 1.165) is 5.56 Å². The number of amides is 2. The van der Waals surface area contributed by atoms with Gasteiger partial charge in [0.05, 0.1) is 20.3 Å². The van der Waals surface area contributed by atoms with Crippen LogP contribution in [0.2, 0.25) is 5.02 Å². The van der Waals surface area contributed by atoms with Gasteiger partial charge in [-0.05, 0) is 66.1 Å². The van der Waals surface area contributed by atoms with Crippen molar-refractivity contribution in [2.24, 2.45) is 0 Å². The van der Waals surface area contributed by atoms with Crippen LogP contribution < -0.4 is 14.8 Å². The minimum atomic E-state index is -0.798. The van der Waals surface area contributed by atoms with E-state index in [9.17, 15) is 9.18 Å². The zero-order valence-corrected chi connectivity index (χ0v) is 18.2. The SMILES string of the molecule is COc1cc2c(cc1OC)C(c1c(F)cccc1Cl)N(C(=O)Nc1ccc(F)cc1)CC2. The molecule has 0 bridgehead atoms. The normalized spacial score (nSPS) is 15.2. The molecule has 166 valence electrons. The fourth-order valence-corrected chi connectivity index (χ4v) is 4.24. The highest BCUT2D eigenvalue weighted by Crippen LogP contribution is 2.43. The fraction of sp³-hybridized carbons (Fsp3) is 0.208. The summed E-state index contributed by atoms with van der Waals surface area (Å²) in [6.07, 6.45) is 0.523. The molecule has 4 rings (SSSR count). The van der Waals surface area contributed by atoms with Gasteiger partial charge in [-0.3, -0.25) is 0 Å². The highest BCUT2D eigenvalue weighted by Gasteiger charge is 2.36. The number of anilines is 1. The number of benzene rings is 3. The van der Waals surface area contributed by atoms with Gasteiger partial charge in [0.1, 0.15) is 11.6 Å². The largest absolute Gasteiger partial charge is 0.493 e. The number of carbonyl (C=O) groups excluding carboxylic acids is 1. The van der Waals surface area contributed by atoms with Gasteiger partial charge in [0.25, 0.3) is 0 Å². The molecule has 0 aromatic heterocycles. The molecule has 0 fully saturated rings. The fourth-order valence-electron chi connectivity index (χ4n) is 3.98. The maximum atomic E-state index is 15.0. The summed E-state index contributed by atoms with van der Waals surface area (Å²) in [4.78, 5) is 14.8. The monoisotopic (exact) mass is 458 g/mol. The first-order valence-electron chi connectivity index (χ1n) is 9.94. The summed E-state index contributed by atoms with van der Waals surface area (Å²) in [6.45, 7) is 0.310. The lowest BCUT2D eigenvalue weighted by Gasteiger charge is -2.38. The molecule has 0 spiro atoms. The quantitative estimate of drug-likeness (QED) is 0.536. The molecule has 1 aliphatic rings. The number of rotatable bonds is 4. The van der Waals surface area contributed by atoms with Crippen molar-refractivity contribution in [1.29, 1.82) is 0 Å². The third-order valence-corrected chi connectivity index (χ3v) is 5.83. The summed E-state index contributed by atoms with van der Waals surface area (Å²) in [7, 11) is 3.05. The summed E-state index contributed by atoms with van der Waals surface area (Å²) >= 11 is 6.41. The summed E-state index contributed by atoms with van der Waals surface area (Å²) in [5.74, 6) is 0.0787. The predicted octanol–water partition coefficient (Wildman–Crippen LogP) is 5.82. The van der Waals surface area contributed by atoms with E-state index in [-0.39, 0.29) is 10.6 Å². The number of hydrogen-bond acceptors (Lipinski definition) is 3. The molecule has 5 nitrogen and oxygen atoms in total. The van der Waals surface area contributed by atoms with Crippen LogP contribution >= 0.6 is 11.6 Å². The maximum Gasteiger partial charge on any atom is 0.322 e. The molecule has 1 aliphatic heterocycles. The maximum absolute atomic E-state index is 15.0. The second-order valence-electron chi connectivity index (χ2n) is 7.32. The first kappa shape index (κ1) is 21.9. The zero-order chi connectivity index (χ0) is 22.8. The Morgan fingerprint density at radius 2 is 1.75 bits per heavy atom. The molecule has 2 amide bonds. The molecule has 0 radical (unpaired) electrons. The van der Waals surface area contributed by atoms with E-state index in [1.165, 1.54) is 48.4 Å². The Balaban J connectivity index is 1.82. The summed E-state index contributed by atoms with van der Waals surface area (Å²) < 4.78 is 39.1. The number of halogens is 3. The van der Waals surface area contributed by atoms with Crippen LogP contribution in [0.15, 0.2) is 54.6 Å². The Labute approximate surface area is 189 Å². The van der Waals surface area contributed by atoms with Gasteiger partial charge in [-0.15, -0.1) is 0 Å². The average molecular weight is 459 g/mol. The van der Waals surface area contributed by atoms with Crippen LogP contribution in [0.4, 0.5) is 19.3 Å². The van der Waals surface area contributed by atoms with Gasteiger partial charge < -0.3 is 19.7 Å². The van der Waals surface area contributed by atoms with Crippen LogP contribution in [0.25, 0.3) is 0 Å². The number of ether oxygens (including phenoxy) is 2. The summed E-state index contributed by atoms with van der Waals surface area (Å²) in [5, 5.41) is 2.96. The van der Waals surface area contributed by atoms with Crippen LogP contribution in [0.3, 0.4) is 0 Å². The number of urea groups is 1. The van der Waals surface area contributed by atoms with Crippen molar-refractivity contribution in [3.63, 3.8) is 0 Å². The minimum Gasteiger partial charge on any atom is -0.493 e. The van der Waals surface area contributed by atoms with Gasteiger partial charge in [-0.1, -0.05) is 17.7 Å². The van der Waals surface area contributed by atoms with E-state index >= 15 is 4.39 Å². The Morgan fingerprint density at radius 1 is 1.06 bits per heavy atom. The van der Waals surface area contributed by atoms with E-state index in [1.54, 1.807) is 19.2 Å². The molecule has 32 heavy (non-hydrogen) atoms. The van der Waals surface area contributed by atoms with E-state index < -0.39 is 23.7 Å². The topological polar surface area (TPSA) is 50.8 Å². The van der Waals surface area contributed by atoms with E-state index in [2.05, 4.69) is 5.32 Å². The van der Waals surface area contributed by atoms with Crippen molar-refractivity contribution in [2.75, 3.05) is 26.1 Å². The van der Waals surface area contributed by atoms with Crippen LogP contribution in [-0.2, 0) is 6.42 Å². The molecule has 1 unspecified atom stereocenters. The molecule has 0 saturated heterocycles. The Bertz CT molecular complexity index is 1130. The van der Waals surface area contributed by atoms with Crippen molar-refractivity contribution in [1.82, 2.24) is 4.90 Å².